The van der Waals surface area contributed by atoms with E-state index in [1.807, 2.05) is 24.3 Å². The van der Waals surface area contributed by atoms with E-state index in [1.165, 1.54) is 0 Å². The monoisotopic (exact) mass is 385 g/mol. The Kier molecular flexibility index (Phi) is 5.08. The molecule has 0 saturated carbocycles. The molecule has 118 valence electrons. The van der Waals surface area contributed by atoms with Crippen LogP contribution in [0.3, 0.4) is 0 Å². The third-order valence-electron chi connectivity index (χ3n) is 3.24. The van der Waals surface area contributed by atoms with Crippen LogP contribution in [0.15, 0.2) is 52.9 Å². The van der Waals surface area contributed by atoms with Crippen LogP contribution in [0.4, 0.5) is 5.69 Å². The van der Waals surface area contributed by atoms with Crippen molar-refractivity contribution in [3.05, 3.63) is 74.4 Å². The summed E-state index contributed by atoms with van der Waals surface area (Å²) >= 11 is 24.1. The van der Waals surface area contributed by atoms with Crippen molar-refractivity contribution in [3.8, 4) is 11.3 Å². The van der Waals surface area contributed by atoms with Gasteiger partial charge in [0.15, 0.2) is 0 Å². The number of furan rings is 1. The van der Waals surface area contributed by atoms with E-state index in [0.717, 1.165) is 17.0 Å². The summed E-state index contributed by atoms with van der Waals surface area (Å²) in [6.45, 7) is 0.493. The third-order valence-corrected chi connectivity index (χ3v) is 4.34. The van der Waals surface area contributed by atoms with Gasteiger partial charge in [0.1, 0.15) is 11.5 Å². The number of hydrogen-bond donors (Lipinski definition) is 1. The largest absolute Gasteiger partial charge is 0.459 e. The summed E-state index contributed by atoms with van der Waals surface area (Å²) in [6.07, 6.45) is 0. The Morgan fingerprint density at radius 3 is 2.17 bits per heavy atom. The first-order valence-corrected chi connectivity index (χ1v) is 8.27. The minimum atomic E-state index is 0.493. The van der Waals surface area contributed by atoms with Crippen molar-refractivity contribution in [2.45, 2.75) is 6.54 Å². The molecular formula is C17H11Cl4NO. The molecule has 2 nitrogen and oxygen atoms in total. The Morgan fingerprint density at radius 2 is 1.48 bits per heavy atom. The first-order valence-electron chi connectivity index (χ1n) is 6.76. The lowest BCUT2D eigenvalue weighted by Crippen LogP contribution is -1.98. The predicted octanol–water partition coefficient (Wildman–Crippen LogP) is 7.17. The summed E-state index contributed by atoms with van der Waals surface area (Å²) in [4.78, 5) is 0. The van der Waals surface area contributed by atoms with E-state index in [9.17, 15) is 0 Å². The molecule has 0 radical (unpaired) electrons. The Balaban J connectivity index is 1.74. The highest BCUT2D eigenvalue weighted by molar-refractivity contribution is 6.36. The fourth-order valence-corrected chi connectivity index (χ4v) is 3.10. The lowest BCUT2D eigenvalue weighted by molar-refractivity contribution is 0.531. The van der Waals surface area contributed by atoms with Gasteiger partial charge in [0.25, 0.3) is 0 Å². The average Bonchev–Trinajstić information content (AvgIpc) is 2.95. The molecule has 0 fully saturated rings. The van der Waals surface area contributed by atoms with Crippen LogP contribution in [0.2, 0.25) is 20.1 Å². The molecule has 0 spiro atoms. The molecule has 0 saturated heterocycles. The van der Waals surface area contributed by atoms with Gasteiger partial charge in [0.05, 0.1) is 22.3 Å². The number of halogens is 4. The van der Waals surface area contributed by atoms with E-state index in [0.29, 0.717) is 32.4 Å². The first-order chi connectivity index (χ1) is 11.0. The topological polar surface area (TPSA) is 25.2 Å². The smallest absolute Gasteiger partial charge is 0.135 e. The minimum absolute atomic E-state index is 0.493. The number of rotatable bonds is 4. The van der Waals surface area contributed by atoms with Gasteiger partial charge in [0, 0.05) is 15.6 Å². The van der Waals surface area contributed by atoms with Crippen LogP contribution >= 0.6 is 46.4 Å². The normalized spacial score (nSPS) is 10.8. The molecule has 1 aromatic heterocycles. The lowest BCUT2D eigenvalue weighted by Gasteiger charge is -2.07. The zero-order valence-electron chi connectivity index (χ0n) is 11.7. The van der Waals surface area contributed by atoms with Crippen LogP contribution in [-0.4, -0.2) is 0 Å². The van der Waals surface area contributed by atoms with Crippen LogP contribution in [0, 0.1) is 0 Å². The fraction of sp³-hybridized carbons (Fsp3) is 0.0588. The van der Waals surface area contributed by atoms with E-state index in [2.05, 4.69) is 5.32 Å². The van der Waals surface area contributed by atoms with Gasteiger partial charge in [-0.2, -0.15) is 0 Å². The highest BCUT2D eigenvalue weighted by atomic mass is 35.5. The van der Waals surface area contributed by atoms with Gasteiger partial charge in [-0.25, -0.2) is 0 Å². The molecule has 0 unspecified atom stereocenters. The van der Waals surface area contributed by atoms with Crippen molar-refractivity contribution in [1.82, 2.24) is 0 Å². The van der Waals surface area contributed by atoms with Crippen molar-refractivity contribution in [2.75, 3.05) is 5.32 Å². The van der Waals surface area contributed by atoms with Crippen LogP contribution in [0.25, 0.3) is 11.3 Å². The van der Waals surface area contributed by atoms with Crippen LogP contribution in [0.1, 0.15) is 5.76 Å². The van der Waals surface area contributed by atoms with E-state index >= 15 is 0 Å². The molecule has 0 aliphatic rings. The number of hydrogen-bond acceptors (Lipinski definition) is 2. The van der Waals surface area contributed by atoms with Crippen LogP contribution in [-0.2, 0) is 6.54 Å². The Morgan fingerprint density at radius 1 is 0.783 bits per heavy atom. The SMILES string of the molecule is Clc1ccc(NCc2ccc(-c3ccc(Cl)cc3Cl)o2)c(Cl)c1. The second kappa shape index (κ2) is 7.06. The Labute approximate surface area is 153 Å². The second-order valence-corrected chi connectivity index (χ2v) is 6.56. The Hall–Kier alpha value is -1.32. The molecule has 0 bridgehead atoms. The summed E-state index contributed by atoms with van der Waals surface area (Å²) in [6, 6.07) is 14.3. The summed E-state index contributed by atoms with van der Waals surface area (Å²) in [7, 11) is 0. The van der Waals surface area contributed by atoms with E-state index in [1.54, 1.807) is 24.3 Å². The molecule has 6 heteroatoms. The fourth-order valence-electron chi connectivity index (χ4n) is 2.12. The van der Waals surface area contributed by atoms with Gasteiger partial charge < -0.3 is 9.73 Å². The van der Waals surface area contributed by atoms with E-state index in [4.69, 9.17) is 50.8 Å². The second-order valence-electron chi connectivity index (χ2n) is 4.87. The molecular weight excluding hydrogens is 376 g/mol. The molecule has 2 aromatic carbocycles. The van der Waals surface area contributed by atoms with Gasteiger partial charge in [-0.15, -0.1) is 0 Å². The van der Waals surface area contributed by atoms with Crippen molar-refractivity contribution < 1.29 is 4.42 Å². The van der Waals surface area contributed by atoms with Gasteiger partial charge in [-0.05, 0) is 48.5 Å². The van der Waals surface area contributed by atoms with Gasteiger partial charge >= 0.3 is 0 Å². The summed E-state index contributed by atoms with van der Waals surface area (Å²) in [5, 5.41) is 5.50. The predicted molar refractivity (Wildman–Crippen MR) is 98.0 cm³/mol. The van der Waals surface area contributed by atoms with Gasteiger partial charge in [-0.3, -0.25) is 0 Å². The maximum atomic E-state index is 6.19. The van der Waals surface area contributed by atoms with E-state index in [-0.39, 0.29) is 0 Å². The van der Waals surface area contributed by atoms with Crippen LogP contribution < -0.4 is 5.32 Å². The minimum Gasteiger partial charge on any atom is -0.459 e. The highest BCUT2D eigenvalue weighted by Gasteiger charge is 2.09. The van der Waals surface area contributed by atoms with E-state index < -0.39 is 0 Å². The van der Waals surface area contributed by atoms with Crippen molar-refractivity contribution >= 4 is 52.1 Å². The molecule has 0 atom stereocenters. The highest BCUT2D eigenvalue weighted by Crippen LogP contribution is 2.32. The maximum absolute atomic E-state index is 6.19. The molecule has 0 aliphatic heterocycles. The number of nitrogens with one attached hydrogen (secondary N) is 1. The number of anilines is 1. The molecule has 3 aromatic rings. The summed E-state index contributed by atoms with van der Waals surface area (Å²) < 4.78 is 5.82. The van der Waals surface area contributed by atoms with Crippen molar-refractivity contribution in [3.63, 3.8) is 0 Å². The zero-order valence-corrected chi connectivity index (χ0v) is 14.8. The first kappa shape index (κ1) is 16.5. The van der Waals surface area contributed by atoms with Gasteiger partial charge in [-0.1, -0.05) is 46.4 Å². The third kappa shape index (κ3) is 3.96. The molecule has 0 aliphatic carbocycles. The molecule has 1 N–H and O–H groups in total. The average molecular weight is 387 g/mol. The lowest BCUT2D eigenvalue weighted by atomic mass is 10.2. The molecule has 3 rings (SSSR count). The summed E-state index contributed by atoms with van der Waals surface area (Å²) in [5.41, 5.74) is 1.59. The molecule has 23 heavy (non-hydrogen) atoms. The van der Waals surface area contributed by atoms with Crippen LogP contribution in [0.5, 0.6) is 0 Å². The van der Waals surface area contributed by atoms with Crippen molar-refractivity contribution in [2.24, 2.45) is 0 Å². The maximum Gasteiger partial charge on any atom is 0.135 e. The number of benzene rings is 2. The quantitative estimate of drug-likeness (QED) is 0.513. The molecule has 0 amide bonds. The Bertz CT molecular complexity index is 844. The summed E-state index contributed by atoms with van der Waals surface area (Å²) in [5.74, 6) is 1.45. The van der Waals surface area contributed by atoms with Crippen molar-refractivity contribution in [1.29, 1.82) is 0 Å². The standard InChI is InChI=1S/C17H11Cl4NO/c18-10-1-4-13(14(20)7-10)17-6-3-12(23-17)9-22-16-5-2-11(19)8-15(16)21/h1-8,22H,9H2. The zero-order chi connectivity index (χ0) is 16.4. The molecule has 1 heterocycles. The van der Waals surface area contributed by atoms with Gasteiger partial charge in [0.2, 0.25) is 0 Å².